The molecule has 52 heavy (non-hydrogen) atoms. The number of rotatable bonds is 11. The van der Waals surface area contributed by atoms with Crippen LogP contribution >= 0.6 is 23.2 Å². The fourth-order valence-electron chi connectivity index (χ4n) is 4.55. The summed E-state index contributed by atoms with van der Waals surface area (Å²) in [5.41, 5.74) is 2.02. The lowest BCUT2D eigenvalue weighted by Crippen LogP contribution is -2.25. The van der Waals surface area contributed by atoms with Crippen molar-refractivity contribution in [3.63, 3.8) is 0 Å². The maximum Gasteiger partial charge on any atom is 0.335 e. The van der Waals surface area contributed by atoms with Crippen molar-refractivity contribution in [2.75, 3.05) is 6.54 Å². The van der Waals surface area contributed by atoms with Gasteiger partial charge in [-0.15, -0.1) is 0 Å². The number of nitrogens with two attached hydrogens (primary N) is 2. The Morgan fingerprint density at radius 1 is 0.615 bits per heavy atom. The molecule has 13 nitrogen and oxygen atoms in total. The number of aromatic carboxylic acids is 1. The lowest BCUT2D eigenvalue weighted by Gasteiger charge is -2.07. The van der Waals surface area contributed by atoms with Crippen LogP contribution in [0.4, 0.5) is 0 Å². The third-order valence-corrected chi connectivity index (χ3v) is 9.98. The average molecular weight is 784 g/mol. The topological polar surface area (TPSA) is 234 Å². The largest absolute Gasteiger partial charge is 0.478 e. The highest BCUT2D eigenvalue weighted by Gasteiger charge is 2.19. The van der Waals surface area contributed by atoms with Crippen LogP contribution in [-0.2, 0) is 26.5 Å². The zero-order valence-electron chi connectivity index (χ0n) is 26.7. The SMILES string of the molecule is NS(=O)(=O)c1cc(C(=O)c2ccc(C(=O)NCCc3ccccn3)cc2)ccc1Cl.NS(=O)(=O)c1cc(C(=O)c2ccc(C(=O)O)cc2)ccc1Cl. The van der Waals surface area contributed by atoms with Gasteiger partial charge in [0.2, 0.25) is 20.0 Å². The second kappa shape index (κ2) is 16.8. The van der Waals surface area contributed by atoms with Gasteiger partial charge >= 0.3 is 5.97 Å². The monoisotopic (exact) mass is 782 g/mol. The van der Waals surface area contributed by atoms with Gasteiger partial charge < -0.3 is 10.4 Å². The third kappa shape index (κ3) is 10.4. The first-order valence-electron chi connectivity index (χ1n) is 14.8. The molecule has 0 atom stereocenters. The highest BCUT2D eigenvalue weighted by molar-refractivity contribution is 7.89. The van der Waals surface area contributed by atoms with Crippen molar-refractivity contribution >= 4 is 66.7 Å². The van der Waals surface area contributed by atoms with Crippen molar-refractivity contribution in [1.82, 2.24) is 10.3 Å². The summed E-state index contributed by atoms with van der Waals surface area (Å²) in [6.07, 6.45) is 2.30. The second-order valence-corrected chi connectivity index (χ2v) is 14.7. The van der Waals surface area contributed by atoms with Crippen LogP contribution < -0.4 is 15.6 Å². The number of pyridine rings is 1. The van der Waals surface area contributed by atoms with Crippen LogP contribution in [0.5, 0.6) is 0 Å². The molecule has 4 aromatic carbocycles. The van der Waals surface area contributed by atoms with Gasteiger partial charge in [-0.25, -0.2) is 31.9 Å². The van der Waals surface area contributed by atoms with Gasteiger partial charge in [-0.2, -0.15) is 0 Å². The first-order chi connectivity index (χ1) is 24.5. The molecule has 5 aromatic rings. The molecule has 0 saturated carbocycles. The minimum Gasteiger partial charge on any atom is -0.478 e. The van der Waals surface area contributed by atoms with Crippen molar-refractivity contribution in [2.45, 2.75) is 16.2 Å². The molecule has 0 aliphatic heterocycles. The van der Waals surface area contributed by atoms with Crippen molar-refractivity contribution in [3.05, 3.63) is 158 Å². The molecule has 0 saturated heterocycles. The van der Waals surface area contributed by atoms with Crippen LogP contribution in [0, 0.1) is 0 Å². The van der Waals surface area contributed by atoms with Gasteiger partial charge in [0.25, 0.3) is 5.91 Å². The Labute approximate surface area is 308 Å². The van der Waals surface area contributed by atoms with E-state index in [2.05, 4.69) is 10.3 Å². The van der Waals surface area contributed by atoms with E-state index in [0.29, 0.717) is 24.1 Å². The average Bonchev–Trinajstić information content (AvgIpc) is 3.11. The number of primary sulfonamides is 2. The second-order valence-electron chi connectivity index (χ2n) is 10.8. The molecule has 0 fully saturated rings. The molecule has 1 aromatic heterocycles. The van der Waals surface area contributed by atoms with Gasteiger partial charge in [0.05, 0.1) is 15.6 Å². The van der Waals surface area contributed by atoms with E-state index in [0.717, 1.165) is 17.8 Å². The van der Waals surface area contributed by atoms with Crippen molar-refractivity contribution in [3.8, 4) is 0 Å². The number of halogens is 2. The van der Waals surface area contributed by atoms with Gasteiger partial charge in [-0.05, 0) is 72.8 Å². The number of carboxylic acid groups (broad SMARTS) is 1. The normalized spacial score (nSPS) is 11.2. The summed E-state index contributed by atoms with van der Waals surface area (Å²) in [6.45, 7) is 0.428. The van der Waals surface area contributed by atoms with Crippen molar-refractivity contribution < 1.29 is 41.1 Å². The lowest BCUT2D eigenvalue weighted by molar-refractivity contribution is 0.0695. The maximum atomic E-state index is 12.7. The molecular formula is C35H28Cl2N4O9S2. The number of hydrogen-bond donors (Lipinski definition) is 4. The lowest BCUT2D eigenvalue weighted by atomic mass is 10.0. The molecule has 0 unspecified atom stereocenters. The van der Waals surface area contributed by atoms with Crippen LogP contribution in [0.15, 0.2) is 119 Å². The number of nitrogens with zero attached hydrogens (tertiary/aromatic N) is 1. The Morgan fingerprint density at radius 2 is 1.04 bits per heavy atom. The summed E-state index contributed by atoms with van der Waals surface area (Å²) >= 11 is 11.6. The standard InChI is InChI=1S/C21H18ClN3O4S.C14H10ClNO5S/c22-18-9-8-16(13-19(18)30(23,28)29)20(26)14-4-6-15(7-5-14)21(27)25-12-10-17-3-1-2-11-24-17;15-11-6-5-10(7-12(11)22(16,20)21)13(17)8-1-3-9(4-2-8)14(18)19/h1-9,11,13H,10,12H2,(H,25,27)(H2,23,28,29);1-7H,(H,18,19)(H2,16,20,21). The van der Waals surface area contributed by atoms with E-state index in [1.54, 1.807) is 6.20 Å². The number of aromatic nitrogens is 1. The van der Waals surface area contributed by atoms with Crippen LogP contribution in [0.2, 0.25) is 10.0 Å². The first kappa shape index (κ1) is 39.5. The van der Waals surface area contributed by atoms with Crippen LogP contribution in [-0.4, -0.2) is 56.9 Å². The molecule has 0 radical (unpaired) electrons. The number of nitrogens with one attached hydrogen (secondary N) is 1. The molecule has 5 rings (SSSR count). The molecule has 0 spiro atoms. The summed E-state index contributed by atoms with van der Waals surface area (Å²) < 4.78 is 46.0. The number of hydrogen-bond acceptors (Lipinski definition) is 9. The summed E-state index contributed by atoms with van der Waals surface area (Å²) in [4.78, 5) is 51.5. The molecule has 17 heteroatoms. The summed E-state index contributed by atoms with van der Waals surface area (Å²) in [6, 6.07) is 24.5. The first-order valence-corrected chi connectivity index (χ1v) is 18.7. The Morgan fingerprint density at radius 3 is 1.44 bits per heavy atom. The zero-order valence-corrected chi connectivity index (χ0v) is 29.8. The molecule has 0 bridgehead atoms. The van der Waals surface area contributed by atoms with E-state index in [9.17, 15) is 36.0 Å². The highest BCUT2D eigenvalue weighted by atomic mass is 35.5. The van der Waals surface area contributed by atoms with Gasteiger partial charge in [0.15, 0.2) is 11.6 Å². The van der Waals surface area contributed by atoms with Crippen LogP contribution in [0.25, 0.3) is 0 Å². The fourth-order valence-corrected chi connectivity index (χ4v) is 6.69. The van der Waals surface area contributed by atoms with E-state index < -0.39 is 37.6 Å². The highest BCUT2D eigenvalue weighted by Crippen LogP contribution is 2.24. The number of carbonyl (C=O) groups excluding carboxylic acids is 3. The van der Waals surface area contributed by atoms with E-state index in [4.69, 9.17) is 38.6 Å². The Kier molecular flexibility index (Phi) is 12.8. The molecule has 0 aliphatic rings. The number of carbonyl (C=O) groups is 4. The van der Waals surface area contributed by atoms with E-state index >= 15 is 0 Å². The number of sulfonamides is 2. The van der Waals surface area contributed by atoms with Crippen molar-refractivity contribution in [2.24, 2.45) is 10.3 Å². The van der Waals surface area contributed by atoms with Crippen molar-refractivity contribution in [1.29, 1.82) is 0 Å². The van der Waals surface area contributed by atoms with Gasteiger partial charge in [0.1, 0.15) is 9.79 Å². The maximum absolute atomic E-state index is 12.7. The molecule has 0 aliphatic carbocycles. The predicted octanol–water partition coefficient (Wildman–Crippen LogP) is 4.50. The van der Waals surface area contributed by atoms with E-state index in [1.807, 2.05) is 18.2 Å². The van der Waals surface area contributed by atoms with Gasteiger partial charge in [-0.3, -0.25) is 19.4 Å². The zero-order chi connectivity index (χ0) is 38.2. The van der Waals surface area contributed by atoms with Gasteiger partial charge in [0, 0.05) is 52.7 Å². The van der Waals surface area contributed by atoms with E-state index in [1.165, 1.54) is 72.8 Å². The molecule has 268 valence electrons. The molecule has 6 N–H and O–H groups in total. The van der Waals surface area contributed by atoms with Gasteiger partial charge in [-0.1, -0.05) is 53.5 Å². The quantitative estimate of drug-likeness (QED) is 0.137. The fraction of sp³-hybridized carbons (Fsp3) is 0.0571. The predicted molar refractivity (Wildman–Crippen MR) is 193 cm³/mol. The Balaban J connectivity index is 0.000000244. The Hall–Kier alpha value is -5.29. The Bertz CT molecular complexity index is 2370. The molecule has 1 amide bonds. The van der Waals surface area contributed by atoms with Crippen LogP contribution in [0.3, 0.4) is 0 Å². The minimum atomic E-state index is -4.06. The summed E-state index contributed by atoms with van der Waals surface area (Å²) in [5, 5.41) is 21.6. The molecular weight excluding hydrogens is 755 g/mol. The number of amides is 1. The summed E-state index contributed by atoms with van der Waals surface area (Å²) in [7, 11) is -8.11. The van der Waals surface area contributed by atoms with Crippen LogP contribution in [0.1, 0.15) is 58.3 Å². The number of carboxylic acids is 1. The smallest absolute Gasteiger partial charge is 0.335 e. The third-order valence-electron chi connectivity index (χ3n) is 7.20. The number of ketones is 2. The molecule has 1 heterocycles. The van der Waals surface area contributed by atoms with E-state index in [-0.39, 0.29) is 48.0 Å². The minimum absolute atomic E-state index is 0.0397. The number of benzene rings is 4. The summed E-state index contributed by atoms with van der Waals surface area (Å²) in [5.74, 6) is -2.27.